The lowest BCUT2D eigenvalue weighted by molar-refractivity contribution is -0.157. The van der Waals surface area contributed by atoms with Crippen molar-refractivity contribution in [1.29, 1.82) is 0 Å². The molecule has 1 rings (SSSR count). The summed E-state index contributed by atoms with van der Waals surface area (Å²) in [5, 5.41) is 12.1. The zero-order chi connectivity index (χ0) is 15.5. The Hall–Kier alpha value is -1.59. The van der Waals surface area contributed by atoms with E-state index < -0.39 is 17.4 Å². The van der Waals surface area contributed by atoms with E-state index in [1.165, 1.54) is 4.90 Å². The van der Waals surface area contributed by atoms with Crippen LogP contribution in [0.4, 0.5) is 0 Å². The molecular formula is C14H24N2O4. The van der Waals surface area contributed by atoms with Crippen LogP contribution in [0.15, 0.2) is 0 Å². The van der Waals surface area contributed by atoms with Crippen LogP contribution in [0.5, 0.6) is 0 Å². The zero-order valence-electron chi connectivity index (χ0n) is 12.6. The van der Waals surface area contributed by atoms with Gasteiger partial charge in [0.2, 0.25) is 11.8 Å². The number of carboxylic acids is 1. The summed E-state index contributed by atoms with van der Waals surface area (Å²) >= 11 is 0. The van der Waals surface area contributed by atoms with Gasteiger partial charge in [-0.15, -0.1) is 0 Å². The van der Waals surface area contributed by atoms with E-state index in [2.05, 4.69) is 5.32 Å². The van der Waals surface area contributed by atoms with Crippen molar-refractivity contribution in [3.05, 3.63) is 0 Å². The number of hydrogen-bond acceptors (Lipinski definition) is 3. The second-order valence-corrected chi connectivity index (χ2v) is 5.86. The van der Waals surface area contributed by atoms with E-state index in [1.54, 1.807) is 20.8 Å². The summed E-state index contributed by atoms with van der Waals surface area (Å²) < 4.78 is 0. The largest absolute Gasteiger partial charge is 0.481 e. The molecule has 20 heavy (non-hydrogen) atoms. The Labute approximate surface area is 119 Å². The molecule has 6 nitrogen and oxygen atoms in total. The summed E-state index contributed by atoms with van der Waals surface area (Å²) in [5.41, 5.74) is -1.11. The van der Waals surface area contributed by atoms with Crippen molar-refractivity contribution in [2.45, 2.75) is 46.6 Å². The van der Waals surface area contributed by atoms with Gasteiger partial charge < -0.3 is 15.3 Å². The first-order chi connectivity index (χ1) is 9.24. The van der Waals surface area contributed by atoms with Crippen LogP contribution < -0.4 is 5.32 Å². The van der Waals surface area contributed by atoms with Crippen LogP contribution in [-0.4, -0.2) is 46.9 Å². The molecule has 0 aromatic rings. The molecule has 1 fully saturated rings. The second kappa shape index (κ2) is 6.24. The van der Waals surface area contributed by atoms with Crippen molar-refractivity contribution in [2.75, 3.05) is 13.1 Å². The van der Waals surface area contributed by atoms with E-state index in [9.17, 15) is 19.5 Å². The number of carbonyl (C=O) groups is 3. The maximum atomic E-state index is 12.4. The topological polar surface area (TPSA) is 86.7 Å². The third kappa shape index (κ3) is 3.11. The highest BCUT2D eigenvalue weighted by atomic mass is 16.4. The highest BCUT2D eigenvalue weighted by Crippen LogP contribution is 2.32. The molecule has 1 heterocycles. The first kappa shape index (κ1) is 16.5. The predicted molar refractivity (Wildman–Crippen MR) is 74.0 cm³/mol. The molecule has 1 aliphatic heterocycles. The Kier molecular flexibility index (Phi) is 5.14. The number of nitrogens with zero attached hydrogens (tertiary/aromatic N) is 1. The van der Waals surface area contributed by atoms with Crippen LogP contribution in [0.1, 0.15) is 40.5 Å². The number of carboxylic acid groups (broad SMARTS) is 1. The Morgan fingerprint density at radius 2 is 2.10 bits per heavy atom. The molecule has 2 amide bonds. The lowest BCUT2D eigenvalue weighted by atomic mass is 9.76. The maximum Gasteiger partial charge on any atom is 0.310 e. The second-order valence-electron chi connectivity index (χ2n) is 5.86. The maximum absolute atomic E-state index is 12.4. The first-order valence-electron chi connectivity index (χ1n) is 7.04. The zero-order valence-corrected chi connectivity index (χ0v) is 12.6. The first-order valence-corrected chi connectivity index (χ1v) is 7.04. The van der Waals surface area contributed by atoms with Crippen LogP contribution in [0.25, 0.3) is 0 Å². The fraction of sp³-hybridized carbons (Fsp3) is 0.786. The van der Waals surface area contributed by atoms with E-state index >= 15 is 0 Å². The SMILES string of the molecule is CCC1C(=O)NCCN1C(=O)CC(C)(C(=O)O)C(C)C. The minimum Gasteiger partial charge on any atom is -0.481 e. The summed E-state index contributed by atoms with van der Waals surface area (Å²) in [7, 11) is 0. The molecular weight excluding hydrogens is 260 g/mol. The molecule has 0 bridgehead atoms. The molecule has 0 aliphatic carbocycles. The van der Waals surface area contributed by atoms with Gasteiger partial charge in [0.25, 0.3) is 0 Å². The molecule has 0 aromatic heterocycles. The number of piperazine rings is 1. The van der Waals surface area contributed by atoms with E-state index in [0.29, 0.717) is 19.5 Å². The molecule has 0 saturated carbocycles. The number of aliphatic carboxylic acids is 1. The number of nitrogens with one attached hydrogen (secondary N) is 1. The number of hydrogen-bond donors (Lipinski definition) is 2. The van der Waals surface area contributed by atoms with Gasteiger partial charge in [0.1, 0.15) is 6.04 Å². The molecule has 2 N–H and O–H groups in total. The Morgan fingerprint density at radius 1 is 1.50 bits per heavy atom. The van der Waals surface area contributed by atoms with Gasteiger partial charge in [0.05, 0.1) is 5.41 Å². The fourth-order valence-corrected chi connectivity index (χ4v) is 2.36. The average molecular weight is 284 g/mol. The molecule has 1 saturated heterocycles. The molecule has 1 aliphatic rings. The summed E-state index contributed by atoms with van der Waals surface area (Å²) in [6.07, 6.45) is 0.451. The van der Waals surface area contributed by atoms with E-state index in [1.807, 2.05) is 6.92 Å². The molecule has 114 valence electrons. The minimum atomic E-state index is -1.11. The number of carbonyl (C=O) groups excluding carboxylic acids is 2. The number of rotatable bonds is 5. The van der Waals surface area contributed by atoms with Gasteiger partial charge in [-0.05, 0) is 19.3 Å². The van der Waals surface area contributed by atoms with Gasteiger partial charge in [-0.25, -0.2) is 0 Å². The van der Waals surface area contributed by atoms with Crippen LogP contribution in [0.3, 0.4) is 0 Å². The smallest absolute Gasteiger partial charge is 0.310 e. The van der Waals surface area contributed by atoms with E-state index in [-0.39, 0.29) is 24.2 Å². The fourth-order valence-electron chi connectivity index (χ4n) is 2.36. The lowest BCUT2D eigenvalue weighted by Gasteiger charge is -2.37. The van der Waals surface area contributed by atoms with Crippen molar-refractivity contribution in [1.82, 2.24) is 10.2 Å². The highest BCUT2D eigenvalue weighted by molar-refractivity contribution is 5.91. The molecule has 2 unspecified atom stereocenters. The van der Waals surface area contributed by atoms with Crippen LogP contribution >= 0.6 is 0 Å². The molecule has 2 atom stereocenters. The van der Waals surface area contributed by atoms with Crippen molar-refractivity contribution >= 4 is 17.8 Å². The van der Waals surface area contributed by atoms with Crippen molar-refractivity contribution in [2.24, 2.45) is 11.3 Å². The lowest BCUT2D eigenvalue weighted by Crippen LogP contribution is -2.57. The normalized spacial score (nSPS) is 22.4. The quantitative estimate of drug-likeness (QED) is 0.784. The summed E-state index contributed by atoms with van der Waals surface area (Å²) in [4.78, 5) is 37.1. The van der Waals surface area contributed by atoms with Gasteiger partial charge in [0, 0.05) is 19.5 Å². The van der Waals surface area contributed by atoms with Gasteiger partial charge in [-0.1, -0.05) is 20.8 Å². The number of amides is 2. The van der Waals surface area contributed by atoms with Crippen LogP contribution in [0.2, 0.25) is 0 Å². The van der Waals surface area contributed by atoms with E-state index in [4.69, 9.17) is 0 Å². The molecule has 0 aromatic carbocycles. The highest BCUT2D eigenvalue weighted by Gasteiger charge is 2.42. The van der Waals surface area contributed by atoms with Gasteiger partial charge >= 0.3 is 5.97 Å². The monoisotopic (exact) mass is 284 g/mol. The predicted octanol–water partition coefficient (Wildman–Crippen LogP) is 0.860. The Balaban J connectivity index is 2.88. The Morgan fingerprint density at radius 3 is 2.55 bits per heavy atom. The third-order valence-corrected chi connectivity index (χ3v) is 4.32. The van der Waals surface area contributed by atoms with Crippen LogP contribution in [0, 0.1) is 11.3 Å². The van der Waals surface area contributed by atoms with Crippen molar-refractivity contribution in [3.63, 3.8) is 0 Å². The van der Waals surface area contributed by atoms with Crippen LogP contribution in [-0.2, 0) is 14.4 Å². The summed E-state index contributed by atoms with van der Waals surface area (Å²) in [5.74, 6) is -1.56. The molecule has 6 heteroatoms. The standard InChI is InChI=1S/C14H24N2O4/c1-5-10-12(18)15-6-7-16(10)11(17)8-14(4,9(2)3)13(19)20/h9-10H,5-8H2,1-4H3,(H,15,18)(H,19,20). The third-order valence-electron chi connectivity index (χ3n) is 4.32. The summed E-state index contributed by atoms with van der Waals surface area (Å²) in [6.45, 7) is 7.88. The van der Waals surface area contributed by atoms with Gasteiger partial charge in [-0.3, -0.25) is 14.4 Å². The summed E-state index contributed by atoms with van der Waals surface area (Å²) in [6, 6.07) is -0.485. The Bertz CT molecular complexity index is 408. The van der Waals surface area contributed by atoms with Crippen molar-refractivity contribution in [3.8, 4) is 0 Å². The molecule has 0 spiro atoms. The van der Waals surface area contributed by atoms with Gasteiger partial charge in [0.15, 0.2) is 0 Å². The van der Waals surface area contributed by atoms with Gasteiger partial charge in [-0.2, -0.15) is 0 Å². The van der Waals surface area contributed by atoms with E-state index in [0.717, 1.165) is 0 Å². The minimum absolute atomic E-state index is 0.0796. The molecule has 0 radical (unpaired) electrons. The average Bonchev–Trinajstić information content (AvgIpc) is 2.37. The van der Waals surface area contributed by atoms with Crippen molar-refractivity contribution < 1.29 is 19.5 Å².